The molecule has 0 aliphatic carbocycles. The number of ether oxygens (including phenoxy) is 6. The van der Waals surface area contributed by atoms with Crippen LogP contribution >= 0.6 is 0 Å². The van der Waals surface area contributed by atoms with E-state index < -0.39 is 112 Å². The molecule has 0 spiro atoms. The highest BCUT2D eigenvalue weighted by Gasteiger charge is 2.54. The molecule has 3 heterocycles. The Hall–Kier alpha value is -0.640. The normalized spacial score (nSPS) is 51.3. The fourth-order valence-corrected chi connectivity index (χ4v) is 4.23. The number of aliphatic hydroxyl groups is 10. The van der Waals surface area contributed by atoms with Crippen molar-refractivity contribution in [1.82, 2.24) is 0 Å². The molecular formula is C19H34O16. The van der Waals surface area contributed by atoms with Gasteiger partial charge in [-0.1, -0.05) is 0 Å². The zero-order valence-electron chi connectivity index (χ0n) is 18.7. The third kappa shape index (κ3) is 5.78. The van der Waals surface area contributed by atoms with Gasteiger partial charge in [-0.25, -0.2) is 0 Å². The van der Waals surface area contributed by atoms with Gasteiger partial charge in [0.15, 0.2) is 18.9 Å². The van der Waals surface area contributed by atoms with Crippen LogP contribution in [0.4, 0.5) is 0 Å². The molecule has 0 aromatic rings. The fraction of sp³-hybridized carbons (Fsp3) is 1.00. The number of aliphatic hydroxyl groups excluding tert-OH is 10. The first-order chi connectivity index (χ1) is 16.6. The van der Waals surface area contributed by atoms with Gasteiger partial charge in [0.25, 0.3) is 0 Å². The van der Waals surface area contributed by atoms with Gasteiger partial charge in [0.1, 0.15) is 73.2 Å². The number of hydrogen-bond donors (Lipinski definition) is 10. The highest BCUT2D eigenvalue weighted by Crippen LogP contribution is 2.33. The summed E-state index contributed by atoms with van der Waals surface area (Å²) in [5.74, 6) is 0. The van der Waals surface area contributed by atoms with Crippen LogP contribution in [0.5, 0.6) is 0 Å². The van der Waals surface area contributed by atoms with E-state index in [4.69, 9.17) is 28.4 Å². The molecule has 0 aromatic heterocycles. The van der Waals surface area contributed by atoms with Crippen molar-refractivity contribution in [3.8, 4) is 0 Å². The monoisotopic (exact) mass is 518 g/mol. The van der Waals surface area contributed by atoms with Crippen LogP contribution in [-0.2, 0) is 28.4 Å². The predicted octanol–water partition coefficient (Wildman–Crippen LogP) is -6.92. The Morgan fingerprint density at radius 2 is 0.886 bits per heavy atom. The third-order valence-electron chi connectivity index (χ3n) is 6.31. The Balaban J connectivity index is 1.86. The maximum atomic E-state index is 10.8. The molecule has 0 amide bonds. The van der Waals surface area contributed by atoms with Gasteiger partial charge < -0.3 is 79.5 Å². The van der Waals surface area contributed by atoms with Crippen molar-refractivity contribution >= 4 is 0 Å². The maximum Gasteiger partial charge on any atom is 0.187 e. The third-order valence-corrected chi connectivity index (χ3v) is 6.31. The standard InChI is InChI=1S/C19H34O16/c1-30-17-14(29)16(35-19-13(28)11(26)9(24)6(3-21)32-19)15(7(4-22)33-17)34-18-12(27)10(25)8(23)5(2-20)31-18/h5-29H,2-4H2,1H3/t5-,6-,7-,8-,9-,10+,11+,12-,13-,14-,15-,16-,17+,18+,19+/m1/s1. The molecule has 0 saturated carbocycles. The van der Waals surface area contributed by atoms with Crippen LogP contribution in [0.1, 0.15) is 0 Å². The zero-order chi connectivity index (χ0) is 26.0. The molecule has 10 N–H and O–H groups in total. The van der Waals surface area contributed by atoms with E-state index in [1.807, 2.05) is 0 Å². The van der Waals surface area contributed by atoms with Gasteiger partial charge in [-0.3, -0.25) is 0 Å². The summed E-state index contributed by atoms with van der Waals surface area (Å²) >= 11 is 0. The van der Waals surface area contributed by atoms with Crippen molar-refractivity contribution in [2.75, 3.05) is 26.9 Å². The quantitative estimate of drug-likeness (QED) is 0.143. The number of methoxy groups -OCH3 is 1. The van der Waals surface area contributed by atoms with Crippen LogP contribution in [0.15, 0.2) is 0 Å². The summed E-state index contributed by atoms with van der Waals surface area (Å²) in [5.41, 5.74) is 0. The van der Waals surface area contributed by atoms with Crippen molar-refractivity contribution in [3.05, 3.63) is 0 Å². The molecular weight excluding hydrogens is 484 g/mol. The topological polar surface area (TPSA) is 258 Å². The van der Waals surface area contributed by atoms with Crippen molar-refractivity contribution in [3.63, 3.8) is 0 Å². The van der Waals surface area contributed by atoms with E-state index in [9.17, 15) is 51.1 Å². The molecule has 3 aliphatic heterocycles. The SMILES string of the molecule is CO[C@H]1O[C@H](CO)[C@@H](O[C@@H]2O[C@H](CO)[C@@H](O)[C@H](O)[C@H]2O)[C@H](O[C@@H]2O[C@H](CO)[C@@H](O)[C@H](O)[C@H]2O)[C@H]1O. The van der Waals surface area contributed by atoms with Gasteiger partial charge in [0.05, 0.1) is 19.8 Å². The molecule has 16 nitrogen and oxygen atoms in total. The Kier molecular flexibility index (Phi) is 10.1. The minimum Gasteiger partial charge on any atom is -0.394 e. The first-order valence-corrected chi connectivity index (χ1v) is 11.0. The molecule has 15 atom stereocenters. The Bertz CT molecular complexity index is 652. The second-order valence-electron chi connectivity index (χ2n) is 8.55. The Morgan fingerprint density at radius 3 is 1.29 bits per heavy atom. The van der Waals surface area contributed by atoms with Crippen LogP contribution in [0.3, 0.4) is 0 Å². The van der Waals surface area contributed by atoms with Crippen LogP contribution in [0.2, 0.25) is 0 Å². The molecule has 3 saturated heterocycles. The molecule has 16 heteroatoms. The molecule has 35 heavy (non-hydrogen) atoms. The van der Waals surface area contributed by atoms with E-state index in [1.165, 1.54) is 7.11 Å². The summed E-state index contributed by atoms with van der Waals surface area (Å²) in [6.07, 6.45) is -24.1. The van der Waals surface area contributed by atoms with Crippen molar-refractivity contribution in [1.29, 1.82) is 0 Å². The lowest BCUT2D eigenvalue weighted by Gasteiger charge is -2.48. The van der Waals surface area contributed by atoms with Crippen LogP contribution in [0, 0.1) is 0 Å². The van der Waals surface area contributed by atoms with E-state index in [-0.39, 0.29) is 0 Å². The van der Waals surface area contributed by atoms with Crippen LogP contribution < -0.4 is 0 Å². The second-order valence-corrected chi connectivity index (χ2v) is 8.55. The minimum atomic E-state index is -1.84. The van der Waals surface area contributed by atoms with E-state index in [0.717, 1.165) is 0 Å². The molecule has 0 radical (unpaired) electrons. The predicted molar refractivity (Wildman–Crippen MR) is 106 cm³/mol. The maximum absolute atomic E-state index is 10.8. The summed E-state index contributed by atoms with van der Waals surface area (Å²) in [7, 11) is 1.19. The Morgan fingerprint density at radius 1 is 0.486 bits per heavy atom. The van der Waals surface area contributed by atoms with Gasteiger partial charge in [0, 0.05) is 7.11 Å². The molecule has 0 aromatic carbocycles. The fourth-order valence-electron chi connectivity index (χ4n) is 4.23. The van der Waals surface area contributed by atoms with Gasteiger partial charge >= 0.3 is 0 Å². The Labute approximate surface area is 199 Å². The van der Waals surface area contributed by atoms with Crippen LogP contribution in [-0.4, -0.2) is 170 Å². The van der Waals surface area contributed by atoms with Gasteiger partial charge in [-0.2, -0.15) is 0 Å². The minimum absolute atomic E-state index is 0.733. The molecule has 3 aliphatic rings. The summed E-state index contributed by atoms with van der Waals surface area (Å²) in [4.78, 5) is 0. The average molecular weight is 518 g/mol. The lowest BCUT2D eigenvalue weighted by atomic mass is 9.96. The van der Waals surface area contributed by atoms with E-state index in [0.29, 0.717) is 0 Å². The summed E-state index contributed by atoms with van der Waals surface area (Å²) in [5, 5.41) is 100. The largest absolute Gasteiger partial charge is 0.394 e. The highest BCUT2D eigenvalue weighted by molar-refractivity contribution is 4.96. The molecule has 0 bridgehead atoms. The first-order valence-electron chi connectivity index (χ1n) is 11.0. The molecule has 3 rings (SSSR count). The lowest BCUT2D eigenvalue weighted by molar-refractivity contribution is -0.385. The van der Waals surface area contributed by atoms with Gasteiger partial charge in [-0.15, -0.1) is 0 Å². The summed E-state index contributed by atoms with van der Waals surface area (Å²) in [6.45, 7) is -2.22. The zero-order valence-corrected chi connectivity index (χ0v) is 18.7. The van der Waals surface area contributed by atoms with Crippen molar-refractivity contribution < 1.29 is 79.5 Å². The van der Waals surface area contributed by atoms with Crippen LogP contribution in [0.25, 0.3) is 0 Å². The number of hydrogen-bond acceptors (Lipinski definition) is 16. The van der Waals surface area contributed by atoms with Crippen molar-refractivity contribution in [2.24, 2.45) is 0 Å². The summed E-state index contributed by atoms with van der Waals surface area (Å²) in [6, 6.07) is 0. The molecule has 0 unspecified atom stereocenters. The van der Waals surface area contributed by atoms with Gasteiger partial charge in [-0.05, 0) is 0 Å². The molecule has 206 valence electrons. The number of rotatable bonds is 8. The molecule has 3 fully saturated rings. The first kappa shape index (κ1) is 28.9. The lowest BCUT2D eigenvalue weighted by Crippen LogP contribution is -2.67. The smallest absolute Gasteiger partial charge is 0.187 e. The highest BCUT2D eigenvalue weighted by atomic mass is 16.8. The summed E-state index contributed by atoms with van der Waals surface area (Å²) < 4.78 is 32.5. The van der Waals surface area contributed by atoms with Gasteiger partial charge in [0.2, 0.25) is 0 Å². The van der Waals surface area contributed by atoms with E-state index in [2.05, 4.69) is 0 Å². The second kappa shape index (κ2) is 12.3. The van der Waals surface area contributed by atoms with E-state index >= 15 is 0 Å². The van der Waals surface area contributed by atoms with E-state index in [1.54, 1.807) is 0 Å². The van der Waals surface area contributed by atoms with Crippen molar-refractivity contribution in [2.45, 2.75) is 92.1 Å². The average Bonchev–Trinajstić information content (AvgIpc) is 2.86.